The van der Waals surface area contributed by atoms with Crippen LogP contribution in [0, 0.1) is 6.92 Å². The third kappa shape index (κ3) is 3.39. The molecule has 2 rings (SSSR count). The second-order valence-electron chi connectivity index (χ2n) is 4.33. The lowest BCUT2D eigenvalue weighted by Crippen LogP contribution is -1.95. The summed E-state index contributed by atoms with van der Waals surface area (Å²) in [7, 11) is 1.61. The summed E-state index contributed by atoms with van der Waals surface area (Å²) < 4.78 is 16.0. The zero-order valence-electron chi connectivity index (χ0n) is 11.4. The number of benzene rings is 1. The third-order valence-corrected chi connectivity index (χ3v) is 2.85. The largest absolute Gasteiger partial charge is 0.497 e. The van der Waals surface area contributed by atoms with E-state index in [1.165, 1.54) is 6.07 Å². The molecule has 106 valence electrons. The second-order valence-corrected chi connectivity index (χ2v) is 4.33. The topological polar surface area (TPSA) is 68.9 Å². The number of methoxy groups -OCH3 is 1. The zero-order valence-corrected chi connectivity index (χ0v) is 11.4. The maximum absolute atomic E-state index is 10.9. The van der Waals surface area contributed by atoms with Crippen molar-refractivity contribution in [2.75, 3.05) is 7.11 Å². The van der Waals surface area contributed by atoms with E-state index < -0.39 is 5.97 Å². The van der Waals surface area contributed by atoms with E-state index in [-0.39, 0.29) is 12.2 Å². The van der Waals surface area contributed by atoms with Gasteiger partial charge in [0, 0.05) is 0 Å². The molecule has 1 heterocycles. The van der Waals surface area contributed by atoms with Gasteiger partial charge in [0.15, 0.2) is 0 Å². The van der Waals surface area contributed by atoms with Gasteiger partial charge in [0.1, 0.15) is 29.4 Å². The van der Waals surface area contributed by atoms with Gasteiger partial charge < -0.3 is 19.0 Å². The van der Waals surface area contributed by atoms with Crippen LogP contribution in [-0.4, -0.2) is 18.2 Å². The number of rotatable bonds is 6. The first-order valence-electron chi connectivity index (χ1n) is 6.13. The van der Waals surface area contributed by atoms with E-state index in [2.05, 4.69) is 0 Å². The molecule has 0 atom stereocenters. The fraction of sp³-hybridized carbons (Fsp3) is 0.267. The van der Waals surface area contributed by atoms with E-state index in [0.29, 0.717) is 18.1 Å². The second kappa shape index (κ2) is 6.25. The van der Waals surface area contributed by atoms with Crippen LogP contribution >= 0.6 is 0 Å². The summed E-state index contributed by atoms with van der Waals surface area (Å²) in [5.74, 6) is 0.665. The number of aryl methyl sites for hydroxylation is 1. The Kier molecular flexibility index (Phi) is 4.42. The fourth-order valence-corrected chi connectivity index (χ4v) is 1.86. The molecule has 0 saturated heterocycles. The van der Waals surface area contributed by atoms with E-state index in [4.69, 9.17) is 19.0 Å². The Bertz CT molecular complexity index is 600. The van der Waals surface area contributed by atoms with Crippen molar-refractivity contribution in [3.63, 3.8) is 0 Å². The summed E-state index contributed by atoms with van der Waals surface area (Å²) in [4.78, 5) is 10.9. The van der Waals surface area contributed by atoms with Gasteiger partial charge in [-0.3, -0.25) is 0 Å². The molecule has 0 radical (unpaired) electrons. The summed E-state index contributed by atoms with van der Waals surface area (Å²) in [6.45, 7) is 2.25. The highest BCUT2D eigenvalue weighted by Gasteiger charge is 2.13. The van der Waals surface area contributed by atoms with Crippen molar-refractivity contribution in [1.29, 1.82) is 0 Å². The number of hydrogen-bond acceptors (Lipinski definition) is 4. The predicted octanol–water partition coefficient (Wildman–Crippen LogP) is 3.01. The molecule has 5 nitrogen and oxygen atoms in total. The number of aromatic carboxylic acids is 1. The summed E-state index contributed by atoms with van der Waals surface area (Å²) in [5, 5.41) is 8.93. The van der Waals surface area contributed by atoms with Crippen LogP contribution in [0.4, 0.5) is 0 Å². The standard InChI is InChI=1S/C15H16O5/c1-10-14(15(16)17)7-13(20-10)9-19-8-11-4-3-5-12(6-11)18-2/h3-7H,8-9H2,1-2H3,(H,16,17). The van der Waals surface area contributed by atoms with Crippen molar-refractivity contribution in [1.82, 2.24) is 0 Å². The number of hydrogen-bond donors (Lipinski definition) is 1. The van der Waals surface area contributed by atoms with Gasteiger partial charge in [-0.2, -0.15) is 0 Å². The number of furan rings is 1. The van der Waals surface area contributed by atoms with E-state index in [1.54, 1.807) is 14.0 Å². The van der Waals surface area contributed by atoms with Gasteiger partial charge in [-0.25, -0.2) is 4.79 Å². The molecule has 0 fully saturated rings. The first kappa shape index (κ1) is 14.1. The average Bonchev–Trinajstić information content (AvgIpc) is 2.80. The first-order chi connectivity index (χ1) is 9.60. The number of carboxylic acids is 1. The average molecular weight is 276 g/mol. The molecule has 0 aliphatic heterocycles. The maximum Gasteiger partial charge on any atom is 0.339 e. The first-order valence-corrected chi connectivity index (χ1v) is 6.13. The number of carboxylic acid groups (broad SMARTS) is 1. The van der Waals surface area contributed by atoms with E-state index in [0.717, 1.165) is 11.3 Å². The van der Waals surface area contributed by atoms with Crippen molar-refractivity contribution < 1.29 is 23.8 Å². The van der Waals surface area contributed by atoms with Crippen LogP contribution in [0.1, 0.15) is 27.4 Å². The Labute approximate surface area is 116 Å². The van der Waals surface area contributed by atoms with Crippen LogP contribution in [0.3, 0.4) is 0 Å². The lowest BCUT2D eigenvalue weighted by Gasteiger charge is -2.04. The van der Waals surface area contributed by atoms with Gasteiger partial charge in [-0.05, 0) is 30.7 Å². The highest BCUT2D eigenvalue weighted by Crippen LogP contribution is 2.17. The Hall–Kier alpha value is -2.27. The van der Waals surface area contributed by atoms with Gasteiger partial charge in [-0.1, -0.05) is 12.1 Å². The Balaban J connectivity index is 1.92. The van der Waals surface area contributed by atoms with Crippen molar-refractivity contribution in [2.45, 2.75) is 20.1 Å². The van der Waals surface area contributed by atoms with Crippen LogP contribution in [0.25, 0.3) is 0 Å². The molecule has 0 spiro atoms. The molecule has 0 bridgehead atoms. The predicted molar refractivity (Wildman–Crippen MR) is 71.9 cm³/mol. The summed E-state index contributed by atoms with van der Waals surface area (Å²) >= 11 is 0. The molecule has 0 amide bonds. The van der Waals surface area contributed by atoms with Gasteiger partial charge >= 0.3 is 5.97 Å². The van der Waals surface area contributed by atoms with Crippen molar-refractivity contribution >= 4 is 5.97 Å². The fourth-order valence-electron chi connectivity index (χ4n) is 1.86. The van der Waals surface area contributed by atoms with E-state index >= 15 is 0 Å². The molecule has 0 saturated carbocycles. The zero-order chi connectivity index (χ0) is 14.5. The molecular weight excluding hydrogens is 260 g/mol. The minimum atomic E-state index is -0.995. The molecular formula is C15H16O5. The van der Waals surface area contributed by atoms with Crippen LogP contribution in [-0.2, 0) is 18.0 Å². The molecule has 20 heavy (non-hydrogen) atoms. The van der Waals surface area contributed by atoms with Gasteiger partial charge in [0.2, 0.25) is 0 Å². The smallest absolute Gasteiger partial charge is 0.339 e. The highest BCUT2D eigenvalue weighted by molar-refractivity contribution is 5.88. The Morgan fingerprint density at radius 2 is 2.10 bits per heavy atom. The maximum atomic E-state index is 10.9. The summed E-state index contributed by atoms with van der Waals surface area (Å²) in [5.41, 5.74) is 1.15. The lowest BCUT2D eigenvalue weighted by atomic mass is 10.2. The third-order valence-electron chi connectivity index (χ3n) is 2.85. The normalized spacial score (nSPS) is 10.5. The molecule has 1 aromatic heterocycles. The van der Waals surface area contributed by atoms with Crippen LogP contribution in [0.15, 0.2) is 34.7 Å². The summed E-state index contributed by atoms with van der Waals surface area (Å²) in [6, 6.07) is 9.05. The molecule has 1 aromatic carbocycles. The van der Waals surface area contributed by atoms with Crippen LogP contribution in [0.5, 0.6) is 5.75 Å². The minimum Gasteiger partial charge on any atom is -0.497 e. The monoisotopic (exact) mass is 276 g/mol. The molecule has 1 N–H and O–H groups in total. The molecule has 0 aliphatic rings. The van der Waals surface area contributed by atoms with Crippen molar-refractivity contribution in [2.24, 2.45) is 0 Å². The number of carbonyl (C=O) groups is 1. The molecule has 0 unspecified atom stereocenters. The van der Waals surface area contributed by atoms with Gasteiger partial charge in [0.05, 0.1) is 13.7 Å². The van der Waals surface area contributed by atoms with Crippen molar-refractivity contribution in [3.05, 3.63) is 53.0 Å². The van der Waals surface area contributed by atoms with Gasteiger partial charge in [0.25, 0.3) is 0 Å². The quantitative estimate of drug-likeness (QED) is 0.878. The Morgan fingerprint density at radius 3 is 2.75 bits per heavy atom. The van der Waals surface area contributed by atoms with Crippen molar-refractivity contribution in [3.8, 4) is 5.75 Å². The Morgan fingerprint density at radius 1 is 1.30 bits per heavy atom. The molecule has 5 heteroatoms. The molecule has 0 aliphatic carbocycles. The molecule has 2 aromatic rings. The summed E-state index contributed by atoms with van der Waals surface area (Å²) in [6.07, 6.45) is 0. The number of ether oxygens (including phenoxy) is 2. The van der Waals surface area contributed by atoms with E-state index in [9.17, 15) is 4.79 Å². The van der Waals surface area contributed by atoms with Crippen LogP contribution < -0.4 is 4.74 Å². The SMILES string of the molecule is COc1cccc(COCc2cc(C(=O)O)c(C)o2)c1. The van der Waals surface area contributed by atoms with Gasteiger partial charge in [-0.15, -0.1) is 0 Å². The van der Waals surface area contributed by atoms with E-state index in [1.807, 2.05) is 24.3 Å². The highest BCUT2D eigenvalue weighted by atomic mass is 16.5. The lowest BCUT2D eigenvalue weighted by molar-refractivity contribution is 0.0695. The minimum absolute atomic E-state index is 0.171. The van der Waals surface area contributed by atoms with Crippen LogP contribution in [0.2, 0.25) is 0 Å².